The number of hydrogen-bond donors (Lipinski definition) is 2. The van der Waals surface area contributed by atoms with Gasteiger partial charge in [-0.15, -0.1) is 6.42 Å². The van der Waals surface area contributed by atoms with Crippen molar-refractivity contribution in [3.63, 3.8) is 0 Å². The topological polar surface area (TPSA) is 124 Å². The number of hydrogen-bond acceptors (Lipinski definition) is 6. The summed E-state index contributed by atoms with van der Waals surface area (Å²) in [6.45, 7) is 1.06. The molecule has 0 spiro atoms. The van der Waals surface area contributed by atoms with E-state index < -0.39 is 34.5 Å². The molecule has 0 fully saturated rings. The molecule has 3 aromatic rings. The summed E-state index contributed by atoms with van der Waals surface area (Å²) in [7, 11) is -2.81. The summed E-state index contributed by atoms with van der Waals surface area (Å²) in [4.78, 5) is 24.7. The van der Waals surface area contributed by atoms with Crippen molar-refractivity contribution in [2.45, 2.75) is 24.3 Å². The van der Waals surface area contributed by atoms with Crippen LogP contribution in [0.4, 0.5) is 11.4 Å². The zero-order valence-corrected chi connectivity index (χ0v) is 20.6. The number of anilines is 2. The highest BCUT2D eigenvalue weighted by Gasteiger charge is 2.29. The highest BCUT2D eigenvalue weighted by atomic mass is 32.2. The highest BCUT2D eigenvalue weighted by Crippen LogP contribution is 2.37. The molecule has 10 heteroatoms. The third kappa shape index (κ3) is 5.53. The van der Waals surface area contributed by atoms with E-state index in [1.165, 1.54) is 37.4 Å². The predicted molar refractivity (Wildman–Crippen MR) is 137 cm³/mol. The van der Waals surface area contributed by atoms with Gasteiger partial charge in [-0.1, -0.05) is 30.2 Å². The summed E-state index contributed by atoms with van der Waals surface area (Å²) < 4.78 is 33.1. The zero-order chi connectivity index (χ0) is 26.5. The lowest BCUT2D eigenvalue weighted by Crippen LogP contribution is -2.37. The molecular weight excluding hydrogens is 484 g/mol. The molecule has 0 radical (unpaired) electrons. The maximum atomic E-state index is 13.6. The molecule has 0 aliphatic rings. The molecule has 9 nitrogen and oxygen atoms in total. The molecule has 0 saturated carbocycles. The van der Waals surface area contributed by atoms with Gasteiger partial charge < -0.3 is 19.8 Å². The van der Waals surface area contributed by atoms with E-state index in [1.54, 1.807) is 42.2 Å². The molecule has 188 valence electrons. The fraction of sp³-hybridized carbons (Fsp3) is 0.231. The van der Waals surface area contributed by atoms with E-state index in [0.29, 0.717) is 22.2 Å². The number of aliphatic carboxylic acids is 2. The maximum absolute atomic E-state index is 13.6. The molecule has 0 bridgehead atoms. The van der Waals surface area contributed by atoms with Gasteiger partial charge in [0.1, 0.15) is 12.3 Å². The minimum absolute atomic E-state index is 0.0956. The number of nitrogens with zero attached hydrogens (tertiary/aromatic N) is 2. The van der Waals surface area contributed by atoms with Crippen molar-refractivity contribution in [3.8, 4) is 18.1 Å². The van der Waals surface area contributed by atoms with Crippen LogP contribution in [-0.2, 0) is 19.6 Å². The van der Waals surface area contributed by atoms with E-state index in [2.05, 4.69) is 5.92 Å². The average molecular weight is 511 g/mol. The lowest BCUT2D eigenvalue weighted by Gasteiger charge is -2.31. The Balaban J connectivity index is 2.21. The second-order valence-corrected chi connectivity index (χ2v) is 9.87. The zero-order valence-electron chi connectivity index (χ0n) is 19.8. The fourth-order valence-electron chi connectivity index (χ4n) is 3.97. The van der Waals surface area contributed by atoms with Crippen molar-refractivity contribution in [2.75, 3.05) is 29.4 Å². The van der Waals surface area contributed by atoms with Crippen LogP contribution >= 0.6 is 0 Å². The fourth-order valence-corrected chi connectivity index (χ4v) is 5.41. The van der Waals surface area contributed by atoms with Crippen LogP contribution in [0.1, 0.15) is 13.3 Å². The van der Waals surface area contributed by atoms with Crippen molar-refractivity contribution in [2.24, 2.45) is 0 Å². The second kappa shape index (κ2) is 11.0. The Hall–Kier alpha value is -4.23. The molecule has 0 aliphatic heterocycles. The van der Waals surface area contributed by atoms with E-state index >= 15 is 0 Å². The van der Waals surface area contributed by atoms with E-state index in [1.807, 2.05) is 0 Å². The van der Waals surface area contributed by atoms with Crippen LogP contribution in [0.2, 0.25) is 0 Å². The molecule has 2 N–H and O–H groups in total. The van der Waals surface area contributed by atoms with Crippen LogP contribution in [-0.4, -0.2) is 56.8 Å². The van der Waals surface area contributed by atoms with Crippen molar-refractivity contribution in [1.29, 1.82) is 0 Å². The molecular formula is C26H26N2O7S. The molecule has 0 saturated heterocycles. The first-order valence-corrected chi connectivity index (χ1v) is 12.4. The number of methoxy groups -OCH3 is 1. The lowest BCUT2D eigenvalue weighted by atomic mass is 10.0. The summed E-state index contributed by atoms with van der Waals surface area (Å²) in [5, 5.41) is 19.9. The number of terminal acetylenes is 1. The smallest absolute Gasteiger partial charge is 0.324 e. The van der Waals surface area contributed by atoms with Crippen LogP contribution in [0.15, 0.2) is 65.6 Å². The summed E-state index contributed by atoms with van der Waals surface area (Å²) in [5.74, 6) is 0.686. The Morgan fingerprint density at radius 2 is 1.56 bits per heavy atom. The quantitative estimate of drug-likeness (QED) is 0.376. The van der Waals surface area contributed by atoms with Gasteiger partial charge in [-0.2, -0.15) is 0 Å². The SMILES string of the molecule is C#CCN(c1ccc(N(CC(=O)O)S(=O)(=O)c2ccc(OC)cc2)c2ccccc12)[C@@H](C)CC(=O)O. The maximum Gasteiger partial charge on any atom is 0.324 e. The minimum atomic E-state index is -4.27. The first-order chi connectivity index (χ1) is 17.1. The van der Waals surface area contributed by atoms with Gasteiger partial charge in [-0.05, 0) is 43.3 Å². The molecule has 1 atom stereocenters. The van der Waals surface area contributed by atoms with E-state index in [-0.39, 0.29) is 23.5 Å². The third-order valence-corrected chi connectivity index (χ3v) is 7.42. The average Bonchev–Trinajstić information content (AvgIpc) is 2.85. The number of rotatable bonds is 11. The van der Waals surface area contributed by atoms with Gasteiger partial charge in [0, 0.05) is 22.5 Å². The normalized spacial score (nSPS) is 11.9. The first-order valence-electron chi connectivity index (χ1n) is 10.9. The minimum Gasteiger partial charge on any atom is -0.497 e. The van der Waals surface area contributed by atoms with Crippen molar-refractivity contribution < 1.29 is 33.0 Å². The number of ether oxygens (including phenoxy) is 1. The Kier molecular flexibility index (Phi) is 8.07. The van der Waals surface area contributed by atoms with E-state index in [4.69, 9.17) is 11.2 Å². The monoisotopic (exact) mass is 510 g/mol. The summed E-state index contributed by atoms with van der Waals surface area (Å²) in [6, 6.07) is 15.3. The van der Waals surface area contributed by atoms with Crippen LogP contribution in [0, 0.1) is 12.3 Å². The van der Waals surface area contributed by atoms with Gasteiger partial charge in [0.05, 0.1) is 30.7 Å². The van der Waals surface area contributed by atoms with E-state index in [0.717, 1.165) is 4.31 Å². The number of carbonyl (C=O) groups is 2. The Labute approximate surface area is 209 Å². The summed E-state index contributed by atoms with van der Waals surface area (Å²) in [5.41, 5.74) is 0.775. The van der Waals surface area contributed by atoms with Gasteiger partial charge in [0.25, 0.3) is 10.0 Å². The molecule has 0 aromatic heterocycles. The van der Waals surface area contributed by atoms with Crippen LogP contribution < -0.4 is 13.9 Å². The van der Waals surface area contributed by atoms with Crippen LogP contribution in [0.3, 0.4) is 0 Å². The summed E-state index contributed by atoms with van der Waals surface area (Å²) in [6.07, 6.45) is 5.40. The molecule has 0 heterocycles. The molecule has 0 aliphatic carbocycles. The Morgan fingerprint density at radius 3 is 2.08 bits per heavy atom. The van der Waals surface area contributed by atoms with Crippen LogP contribution in [0.25, 0.3) is 10.8 Å². The number of benzene rings is 3. The number of fused-ring (bicyclic) bond motifs is 1. The summed E-state index contributed by atoms with van der Waals surface area (Å²) >= 11 is 0. The molecule has 3 rings (SSSR count). The van der Waals surface area contributed by atoms with E-state index in [9.17, 15) is 28.2 Å². The second-order valence-electron chi connectivity index (χ2n) is 8.01. The Morgan fingerprint density at radius 1 is 0.972 bits per heavy atom. The highest BCUT2D eigenvalue weighted by molar-refractivity contribution is 7.92. The molecule has 36 heavy (non-hydrogen) atoms. The van der Waals surface area contributed by atoms with Gasteiger partial charge in [0.15, 0.2) is 0 Å². The number of carboxylic acid groups (broad SMARTS) is 2. The van der Waals surface area contributed by atoms with Crippen molar-refractivity contribution in [1.82, 2.24) is 0 Å². The number of sulfonamides is 1. The molecule has 0 unspecified atom stereocenters. The standard InChI is InChI=1S/C26H26N2O7S/c1-4-15-27(18(2)16-25(29)30)23-13-14-24(22-8-6-5-7-21(22)23)28(17-26(31)32)36(33,34)20-11-9-19(35-3)10-12-20/h1,5-14,18H,15-17H2,2-3H3,(H,29,30)(H,31,32)/t18-/m0/s1. The van der Waals surface area contributed by atoms with Gasteiger partial charge >= 0.3 is 11.9 Å². The van der Waals surface area contributed by atoms with Gasteiger partial charge in [-0.25, -0.2) is 8.42 Å². The number of carboxylic acids is 2. The van der Waals surface area contributed by atoms with Crippen molar-refractivity contribution >= 4 is 44.1 Å². The Bertz CT molecular complexity index is 1410. The lowest BCUT2D eigenvalue weighted by molar-refractivity contribution is -0.137. The molecule has 3 aromatic carbocycles. The van der Waals surface area contributed by atoms with Gasteiger partial charge in [-0.3, -0.25) is 13.9 Å². The predicted octanol–water partition coefficient (Wildman–Crippen LogP) is 3.43. The first kappa shape index (κ1) is 26.4. The largest absolute Gasteiger partial charge is 0.497 e. The molecule has 0 amide bonds. The van der Waals surface area contributed by atoms with Crippen LogP contribution in [0.5, 0.6) is 5.75 Å². The third-order valence-electron chi connectivity index (χ3n) is 5.65. The van der Waals surface area contributed by atoms with Gasteiger partial charge in [0.2, 0.25) is 0 Å². The van der Waals surface area contributed by atoms with Crippen molar-refractivity contribution in [3.05, 3.63) is 60.7 Å².